The molecule has 2 N–H and O–H groups in total. The Morgan fingerprint density at radius 1 is 1.00 bits per heavy atom. The molecule has 98 valence electrons. The van der Waals surface area contributed by atoms with Crippen LogP contribution < -0.4 is 5.32 Å². The fraction of sp³-hybridized carbons (Fsp3) is 1.00. The van der Waals surface area contributed by atoms with E-state index in [2.05, 4.69) is 5.32 Å². The summed E-state index contributed by atoms with van der Waals surface area (Å²) in [6.45, 7) is 2.75. The van der Waals surface area contributed by atoms with Gasteiger partial charge in [0.25, 0.3) is 0 Å². The highest BCUT2D eigenvalue weighted by molar-refractivity contribution is 8.20. The number of hydrogen-bond donors (Lipinski definition) is 1. The molecule has 0 radical (unpaired) electrons. The van der Waals surface area contributed by atoms with Crippen molar-refractivity contribution in [2.45, 2.75) is 18.3 Å². The van der Waals surface area contributed by atoms with Crippen molar-refractivity contribution < 1.29 is 39.9 Å². The van der Waals surface area contributed by atoms with Crippen LogP contribution in [0.2, 0.25) is 0 Å². The Morgan fingerprint density at radius 3 is 1.44 bits per heavy atom. The maximum Gasteiger partial charge on any atom is 0.616 e. The smallest absolute Gasteiger partial charge is 0.436 e. The van der Waals surface area contributed by atoms with E-state index in [0.717, 1.165) is 0 Å². The molecule has 3 nitrogen and oxygen atoms in total. The summed E-state index contributed by atoms with van der Waals surface area (Å²) >= 11 is 0. The summed E-state index contributed by atoms with van der Waals surface area (Å²) in [6.07, 6.45) is -4.01. The van der Waals surface area contributed by atoms with Gasteiger partial charge in [0, 0.05) is 12.8 Å². The highest BCUT2D eigenvalue weighted by Gasteiger charge is 2.58. The number of alkyl halides is 3. The fourth-order valence-corrected chi connectivity index (χ4v) is 1.18. The molecule has 1 fully saturated rings. The molecule has 0 aromatic rings. The molecule has 0 bridgehead atoms. The minimum atomic E-state index is -6.95. The Morgan fingerprint density at radius 2 is 1.38 bits per heavy atom. The minimum Gasteiger partial charge on any atom is -0.436 e. The van der Waals surface area contributed by atoms with Crippen molar-refractivity contribution in [1.29, 1.82) is 0 Å². The minimum absolute atomic E-state index is 1.38. The average molecular weight is 273 g/mol. The molecule has 0 saturated carbocycles. The lowest BCUT2D eigenvalue weighted by atomic mass is 10.4. The molecule has 1 saturated heterocycles. The second kappa shape index (κ2) is 5.26. The van der Waals surface area contributed by atoms with Crippen molar-refractivity contribution >= 4 is 15.9 Å². The Bertz CT molecular complexity index is 278. The van der Waals surface area contributed by atoms with Gasteiger partial charge in [-0.2, -0.15) is 13.2 Å². The summed E-state index contributed by atoms with van der Waals surface area (Å²) in [7, 11) is -6.95. The third-order valence-electron chi connectivity index (χ3n) is 1.74. The van der Waals surface area contributed by atoms with Gasteiger partial charge in [0.1, 0.15) is 0 Å². The molecule has 0 aromatic heterocycles. The second-order valence-electron chi connectivity index (χ2n) is 3.08. The third kappa shape index (κ3) is 4.20. The summed E-state index contributed by atoms with van der Waals surface area (Å²) in [4.78, 5) is 0. The number of nitrogens with two attached hydrogens (primary N) is 1. The first kappa shape index (κ1) is 15.6. The van der Waals surface area contributed by atoms with Gasteiger partial charge in [-0.15, -0.1) is 0 Å². The summed E-state index contributed by atoms with van der Waals surface area (Å²) in [6, 6.07) is 0. The van der Waals surface area contributed by atoms with E-state index in [4.69, 9.17) is 0 Å². The van der Waals surface area contributed by atoms with Crippen molar-refractivity contribution in [3.63, 3.8) is 0 Å². The predicted octanol–water partition coefficient (Wildman–Crippen LogP) is 0.609. The predicted molar refractivity (Wildman–Crippen MR) is 44.9 cm³/mol. The van der Waals surface area contributed by atoms with Gasteiger partial charge in [0.2, 0.25) is 9.69 Å². The van der Waals surface area contributed by atoms with Crippen molar-refractivity contribution in [2.75, 3.05) is 13.1 Å². The molecule has 16 heavy (non-hydrogen) atoms. The Balaban J connectivity index is 0.000000368. The van der Waals surface area contributed by atoms with E-state index in [1.165, 1.54) is 25.9 Å². The molecule has 0 amide bonds. The maximum absolute atomic E-state index is 11.1. The average Bonchev–Trinajstić information content (AvgIpc) is 2.55. The molecule has 0 aromatic carbocycles. The van der Waals surface area contributed by atoms with Gasteiger partial charge in [-0.05, 0) is 0 Å². The van der Waals surface area contributed by atoms with Crippen LogP contribution in [0.3, 0.4) is 0 Å². The van der Waals surface area contributed by atoms with Crippen LogP contribution in [-0.2, 0) is 9.69 Å². The normalized spacial score (nSPS) is 17.9. The monoisotopic (exact) mass is 273 g/mol. The largest absolute Gasteiger partial charge is 0.616 e. The lowest BCUT2D eigenvalue weighted by molar-refractivity contribution is -0.635. The van der Waals surface area contributed by atoms with Crippen LogP contribution in [0.15, 0.2) is 0 Å². The molecule has 1 aliphatic heterocycles. The molecule has 0 aliphatic carbocycles. The van der Waals surface area contributed by atoms with Crippen LogP contribution in [0, 0.1) is 0 Å². The third-order valence-corrected chi connectivity index (χ3v) is 3.09. The van der Waals surface area contributed by atoms with Crippen LogP contribution in [-0.4, -0.2) is 33.3 Å². The molecule has 0 unspecified atom stereocenters. The summed E-state index contributed by atoms with van der Waals surface area (Å²) in [5.41, 5.74) is -6.24. The van der Waals surface area contributed by atoms with E-state index in [-0.39, 0.29) is 0 Å². The molecule has 1 heterocycles. The van der Waals surface area contributed by atoms with Crippen LogP contribution in [0.25, 0.3) is 0 Å². The van der Waals surface area contributed by atoms with Crippen LogP contribution >= 0.6 is 0 Å². The summed E-state index contributed by atoms with van der Waals surface area (Å²) in [5.74, 6) is 0. The van der Waals surface area contributed by atoms with Crippen molar-refractivity contribution in [3.05, 3.63) is 0 Å². The van der Waals surface area contributed by atoms with E-state index in [1.54, 1.807) is 0 Å². The zero-order valence-electron chi connectivity index (χ0n) is 7.98. The van der Waals surface area contributed by atoms with Crippen molar-refractivity contribution in [3.8, 4) is 0 Å². The number of quaternary nitrogens is 1. The van der Waals surface area contributed by atoms with Crippen molar-refractivity contribution in [2.24, 2.45) is 0 Å². The first-order valence-corrected chi connectivity index (χ1v) is 5.86. The Hall–Kier alpha value is -0.445. The highest BCUT2D eigenvalue weighted by Crippen LogP contribution is 2.33. The summed E-state index contributed by atoms with van der Waals surface area (Å²) in [5, 5.41) is 2.36. The van der Waals surface area contributed by atoms with Crippen LogP contribution in [0.4, 0.5) is 26.1 Å². The van der Waals surface area contributed by atoms with Gasteiger partial charge in [-0.25, -0.2) is 0 Å². The van der Waals surface area contributed by atoms with E-state index in [0.29, 0.717) is 0 Å². The summed E-state index contributed by atoms with van der Waals surface area (Å²) < 4.78 is 85.3. The topological polar surface area (TPSA) is 50.8 Å². The zero-order chi connectivity index (χ0) is 13.0. The number of rotatable bonds is 1. The first-order chi connectivity index (χ1) is 7.00. The van der Waals surface area contributed by atoms with E-state index in [9.17, 15) is 34.5 Å². The van der Waals surface area contributed by atoms with Gasteiger partial charge in [0.15, 0.2) is 0 Å². The van der Waals surface area contributed by atoms with E-state index < -0.39 is 21.5 Å². The molecule has 0 atom stereocenters. The SMILES string of the molecule is C1CC[NH2+]C1.O=S(=O)([B-](F)(F)F)C(F)(F)F. The molecule has 11 heteroatoms. The van der Waals surface area contributed by atoms with Crippen LogP contribution in [0.5, 0.6) is 0 Å². The van der Waals surface area contributed by atoms with E-state index in [1.807, 2.05) is 0 Å². The van der Waals surface area contributed by atoms with Gasteiger partial charge >= 0.3 is 11.8 Å². The molecule has 1 aliphatic rings. The van der Waals surface area contributed by atoms with Gasteiger partial charge in [0.05, 0.1) is 13.1 Å². The second-order valence-corrected chi connectivity index (χ2v) is 5.17. The van der Waals surface area contributed by atoms with Gasteiger partial charge in [-0.1, -0.05) is 0 Å². The van der Waals surface area contributed by atoms with Gasteiger partial charge < -0.3 is 18.3 Å². The lowest BCUT2D eigenvalue weighted by Gasteiger charge is -2.16. The Kier molecular flexibility index (Phi) is 5.11. The molecular formula is C5H10BF6NO2S. The van der Waals surface area contributed by atoms with Gasteiger partial charge in [-0.3, -0.25) is 8.42 Å². The maximum atomic E-state index is 11.1. The molecule has 1 rings (SSSR count). The highest BCUT2D eigenvalue weighted by atomic mass is 32.2. The van der Waals surface area contributed by atoms with Crippen molar-refractivity contribution in [1.82, 2.24) is 0 Å². The van der Waals surface area contributed by atoms with Crippen LogP contribution in [0.1, 0.15) is 12.8 Å². The molecular weight excluding hydrogens is 263 g/mol. The number of hydrogen-bond acceptors (Lipinski definition) is 2. The van der Waals surface area contributed by atoms with E-state index >= 15 is 0 Å². The first-order valence-electron chi connectivity index (χ1n) is 4.31. The fourth-order valence-electron chi connectivity index (χ4n) is 0.873. The standard InChI is InChI=1S/C4H9N.CBF6O2S/c1-2-4-5-3-1;3-1(4,5)11(9,10)2(6,7)8/h5H,1-4H2;/q;-1/p+1. The number of halogens is 6. The lowest BCUT2D eigenvalue weighted by Crippen LogP contribution is -2.80. The zero-order valence-corrected chi connectivity index (χ0v) is 8.79. The Labute approximate surface area is 88.1 Å². The quantitative estimate of drug-likeness (QED) is 0.562. The molecule has 0 spiro atoms.